The number of halogens is 1. The van der Waals surface area contributed by atoms with Gasteiger partial charge in [0.25, 0.3) is 0 Å². The van der Waals surface area contributed by atoms with E-state index in [0.717, 1.165) is 18.2 Å². The van der Waals surface area contributed by atoms with E-state index in [0.29, 0.717) is 0 Å². The summed E-state index contributed by atoms with van der Waals surface area (Å²) in [6, 6.07) is 4.27. The van der Waals surface area contributed by atoms with Gasteiger partial charge in [-0.2, -0.15) is 5.26 Å². The number of rotatable bonds is 5. The first-order valence-corrected chi connectivity index (χ1v) is 6.71. The maximum atomic E-state index is 13.1. The Kier molecular flexibility index (Phi) is 4.60. The quantitative estimate of drug-likeness (QED) is 0.690. The lowest BCUT2D eigenvalue weighted by Gasteiger charge is -2.25. The van der Waals surface area contributed by atoms with Gasteiger partial charge in [0.2, 0.25) is 10.0 Å². The second-order valence-electron chi connectivity index (χ2n) is 4.24. The van der Waals surface area contributed by atoms with Crippen LogP contribution in [-0.4, -0.2) is 37.4 Å². The summed E-state index contributed by atoms with van der Waals surface area (Å²) in [5.41, 5.74) is -1.85. The summed E-state index contributed by atoms with van der Waals surface area (Å²) in [7, 11) is -4.08. The van der Waals surface area contributed by atoms with E-state index in [9.17, 15) is 12.8 Å². The molecule has 1 rings (SSSR count). The van der Waals surface area contributed by atoms with Crippen molar-refractivity contribution in [2.75, 3.05) is 13.2 Å². The van der Waals surface area contributed by atoms with Crippen molar-refractivity contribution < 1.29 is 23.0 Å². The summed E-state index contributed by atoms with van der Waals surface area (Å²) < 4.78 is 39.2. The standard InChI is InChI=1S/C11H13FN2O4S/c1-11(6-15,7-16)14-19(17,18)9-2-3-10(12)8(4-9)5-13/h2-4,14-16H,6-7H2,1H3. The number of nitrogens with zero attached hydrogens (tertiary/aromatic N) is 1. The van der Waals surface area contributed by atoms with Gasteiger partial charge in [-0.3, -0.25) is 0 Å². The summed E-state index contributed by atoms with van der Waals surface area (Å²) in [6.45, 7) is 0.0728. The minimum atomic E-state index is -4.08. The third kappa shape index (κ3) is 3.48. The third-order valence-corrected chi connectivity index (χ3v) is 4.08. The average molecular weight is 288 g/mol. The van der Waals surface area contributed by atoms with E-state index < -0.39 is 40.2 Å². The Hall–Kier alpha value is -1.53. The zero-order valence-electron chi connectivity index (χ0n) is 10.1. The Morgan fingerprint density at radius 2 is 2.00 bits per heavy atom. The molecule has 0 aliphatic rings. The predicted octanol–water partition coefficient (Wildman–Crippen LogP) is -0.281. The number of sulfonamides is 1. The number of hydrogen-bond acceptors (Lipinski definition) is 5. The Balaban J connectivity index is 3.19. The minimum Gasteiger partial charge on any atom is -0.394 e. The lowest BCUT2D eigenvalue weighted by molar-refractivity contribution is 0.122. The van der Waals surface area contributed by atoms with Gasteiger partial charge < -0.3 is 10.2 Å². The van der Waals surface area contributed by atoms with Crippen LogP contribution in [-0.2, 0) is 10.0 Å². The lowest BCUT2D eigenvalue weighted by Crippen LogP contribution is -2.51. The molecule has 8 heteroatoms. The smallest absolute Gasteiger partial charge is 0.241 e. The highest BCUT2D eigenvalue weighted by atomic mass is 32.2. The van der Waals surface area contributed by atoms with Gasteiger partial charge in [-0.15, -0.1) is 0 Å². The number of hydrogen-bond donors (Lipinski definition) is 3. The summed E-state index contributed by atoms with van der Waals surface area (Å²) in [5, 5.41) is 26.7. The minimum absolute atomic E-state index is 0.321. The highest BCUT2D eigenvalue weighted by Gasteiger charge is 2.29. The Bertz CT molecular complexity index is 606. The number of aliphatic hydroxyl groups excluding tert-OH is 2. The molecule has 0 heterocycles. The Labute approximate surface area is 110 Å². The van der Waals surface area contributed by atoms with Crippen molar-refractivity contribution in [1.82, 2.24) is 4.72 Å². The van der Waals surface area contributed by atoms with E-state index in [4.69, 9.17) is 15.5 Å². The van der Waals surface area contributed by atoms with Crippen molar-refractivity contribution in [3.63, 3.8) is 0 Å². The van der Waals surface area contributed by atoms with Gasteiger partial charge in [0.1, 0.15) is 11.9 Å². The van der Waals surface area contributed by atoms with E-state index >= 15 is 0 Å². The molecular formula is C11H13FN2O4S. The molecular weight excluding hydrogens is 275 g/mol. The molecule has 0 fully saturated rings. The van der Waals surface area contributed by atoms with Crippen molar-refractivity contribution in [1.29, 1.82) is 5.26 Å². The molecule has 3 N–H and O–H groups in total. The average Bonchev–Trinajstić information content (AvgIpc) is 2.38. The summed E-state index contributed by atoms with van der Waals surface area (Å²) >= 11 is 0. The van der Waals surface area contributed by atoms with Crippen LogP contribution < -0.4 is 4.72 Å². The molecule has 1 aromatic carbocycles. The second kappa shape index (κ2) is 5.63. The monoisotopic (exact) mass is 288 g/mol. The van der Waals surface area contributed by atoms with E-state index in [1.54, 1.807) is 0 Å². The number of benzene rings is 1. The topological polar surface area (TPSA) is 110 Å². The van der Waals surface area contributed by atoms with Crippen LogP contribution in [0.15, 0.2) is 23.1 Å². The van der Waals surface area contributed by atoms with Crippen molar-refractivity contribution >= 4 is 10.0 Å². The van der Waals surface area contributed by atoms with Crippen LogP contribution in [0.1, 0.15) is 12.5 Å². The van der Waals surface area contributed by atoms with E-state index in [2.05, 4.69) is 4.72 Å². The SMILES string of the molecule is CC(CO)(CO)NS(=O)(=O)c1ccc(F)c(C#N)c1. The summed E-state index contributed by atoms with van der Waals surface area (Å²) in [6.07, 6.45) is 0. The maximum Gasteiger partial charge on any atom is 0.241 e. The van der Waals surface area contributed by atoms with Crippen LogP contribution in [0.2, 0.25) is 0 Å². The van der Waals surface area contributed by atoms with Crippen molar-refractivity contribution in [3.8, 4) is 6.07 Å². The highest BCUT2D eigenvalue weighted by molar-refractivity contribution is 7.89. The fraction of sp³-hybridized carbons (Fsp3) is 0.364. The van der Waals surface area contributed by atoms with Crippen molar-refractivity contribution in [2.45, 2.75) is 17.4 Å². The van der Waals surface area contributed by atoms with Crippen LogP contribution >= 0.6 is 0 Å². The molecule has 0 aromatic heterocycles. The Morgan fingerprint density at radius 1 is 1.42 bits per heavy atom. The van der Waals surface area contributed by atoms with Crippen LogP contribution in [0.25, 0.3) is 0 Å². The van der Waals surface area contributed by atoms with Gasteiger partial charge in [0.05, 0.1) is 29.2 Å². The first-order valence-electron chi connectivity index (χ1n) is 5.23. The van der Waals surface area contributed by atoms with Crippen LogP contribution in [0.4, 0.5) is 4.39 Å². The molecule has 19 heavy (non-hydrogen) atoms. The third-order valence-electron chi connectivity index (χ3n) is 2.45. The molecule has 1 aromatic rings. The summed E-state index contributed by atoms with van der Waals surface area (Å²) in [4.78, 5) is -0.321. The molecule has 0 aliphatic heterocycles. The van der Waals surface area contributed by atoms with Gasteiger partial charge in [-0.05, 0) is 25.1 Å². The second-order valence-corrected chi connectivity index (χ2v) is 5.92. The molecule has 0 saturated heterocycles. The first-order chi connectivity index (χ1) is 8.78. The van der Waals surface area contributed by atoms with Gasteiger partial charge in [0, 0.05) is 0 Å². The van der Waals surface area contributed by atoms with Crippen LogP contribution in [0.3, 0.4) is 0 Å². The van der Waals surface area contributed by atoms with Crippen molar-refractivity contribution in [3.05, 3.63) is 29.6 Å². The Morgan fingerprint density at radius 3 is 2.47 bits per heavy atom. The van der Waals surface area contributed by atoms with E-state index in [1.165, 1.54) is 13.0 Å². The fourth-order valence-electron chi connectivity index (χ4n) is 1.26. The molecule has 0 radical (unpaired) electrons. The highest BCUT2D eigenvalue weighted by Crippen LogP contribution is 2.16. The molecule has 0 aliphatic carbocycles. The summed E-state index contributed by atoms with van der Waals surface area (Å²) in [5.74, 6) is -0.825. The van der Waals surface area contributed by atoms with Gasteiger partial charge in [-0.25, -0.2) is 17.5 Å². The van der Waals surface area contributed by atoms with Gasteiger partial charge in [0.15, 0.2) is 0 Å². The van der Waals surface area contributed by atoms with Crippen LogP contribution in [0, 0.1) is 17.1 Å². The van der Waals surface area contributed by atoms with Crippen molar-refractivity contribution in [2.24, 2.45) is 0 Å². The zero-order valence-corrected chi connectivity index (χ0v) is 10.9. The molecule has 104 valence electrons. The molecule has 0 spiro atoms. The number of nitriles is 1. The predicted molar refractivity (Wildman–Crippen MR) is 64.0 cm³/mol. The maximum absolute atomic E-state index is 13.1. The molecule has 0 saturated carbocycles. The largest absolute Gasteiger partial charge is 0.394 e. The number of nitrogens with one attached hydrogen (secondary N) is 1. The molecule has 0 amide bonds. The first kappa shape index (κ1) is 15.5. The van der Waals surface area contributed by atoms with Gasteiger partial charge >= 0.3 is 0 Å². The number of aliphatic hydroxyl groups is 2. The fourth-order valence-corrected chi connectivity index (χ4v) is 2.67. The lowest BCUT2D eigenvalue weighted by atomic mass is 10.1. The normalized spacial score (nSPS) is 12.2. The van der Waals surface area contributed by atoms with E-state index in [-0.39, 0.29) is 4.90 Å². The molecule has 0 atom stereocenters. The molecule has 0 bridgehead atoms. The van der Waals surface area contributed by atoms with Gasteiger partial charge in [-0.1, -0.05) is 0 Å². The molecule has 6 nitrogen and oxygen atoms in total. The van der Waals surface area contributed by atoms with E-state index in [1.807, 2.05) is 0 Å². The molecule has 0 unspecified atom stereocenters. The zero-order chi connectivity index (χ0) is 14.7. The van der Waals surface area contributed by atoms with Crippen LogP contribution in [0.5, 0.6) is 0 Å².